The molecule has 2 atom stereocenters. The molecule has 0 fully saturated rings. The van der Waals surface area contributed by atoms with Gasteiger partial charge >= 0.3 is 13.8 Å². The number of aliphatic hydroxyl groups excluding tert-OH is 1. The Hall–Kier alpha value is -0.500. The maximum atomic E-state index is 11.7. The van der Waals surface area contributed by atoms with Gasteiger partial charge in [-0.15, -0.1) is 0 Å². The molecule has 9 heteroatoms. The molecule has 25 heavy (non-hydrogen) atoms. The van der Waals surface area contributed by atoms with Crippen LogP contribution >= 0.6 is 7.82 Å². The van der Waals surface area contributed by atoms with Gasteiger partial charge in [-0.1, -0.05) is 32.6 Å². The van der Waals surface area contributed by atoms with Crippen molar-refractivity contribution < 1.29 is 38.0 Å². The van der Waals surface area contributed by atoms with E-state index in [1.165, 1.54) is 0 Å². The summed E-state index contributed by atoms with van der Waals surface area (Å²) in [7, 11) is 0.947. The number of esters is 1. The normalized spacial score (nSPS) is 15.0. The topological polar surface area (TPSA) is 113 Å². The van der Waals surface area contributed by atoms with E-state index < -0.39 is 13.9 Å². The highest BCUT2D eigenvalue weighted by atomic mass is 31.2. The number of carbonyl (C=O) groups is 1. The lowest BCUT2D eigenvalue weighted by molar-refractivity contribution is -0.897. The zero-order valence-corrected chi connectivity index (χ0v) is 16.8. The number of hydrogen-bond donors (Lipinski definition) is 3. The maximum absolute atomic E-state index is 11.7. The molecule has 150 valence electrons. The number of nitrogens with zero attached hydrogens (tertiary/aromatic N) is 1. The summed E-state index contributed by atoms with van der Waals surface area (Å²) in [6.07, 6.45) is 4.83. The van der Waals surface area contributed by atoms with Crippen LogP contribution in [0.25, 0.3) is 0 Å². The van der Waals surface area contributed by atoms with Crippen molar-refractivity contribution in [1.82, 2.24) is 0 Å². The van der Waals surface area contributed by atoms with Crippen LogP contribution < -0.4 is 0 Å². The van der Waals surface area contributed by atoms with Gasteiger partial charge in [-0.2, -0.15) is 0 Å². The first-order valence-electron chi connectivity index (χ1n) is 8.80. The Balaban J connectivity index is 4.18. The standard InChI is InChI=1S/C16H34NO7P/c1-5-6-7-8-9-10-16(19)23-13-15(18)11-14(17(2,3)4)12-24-25(20,21)22/h14-15,18H,5-13H2,1-4H3,(H-,20,21,22)/p+1. The SMILES string of the molecule is CCCCCCCC(=O)OCC(O)CC(COP(=O)(O)O)[N+](C)(C)C. The predicted octanol–water partition coefficient (Wildman–Crippen LogP) is 1.83. The summed E-state index contributed by atoms with van der Waals surface area (Å²) >= 11 is 0. The van der Waals surface area contributed by atoms with Gasteiger partial charge in [0.1, 0.15) is 19.3 Å². The molecule has 0 rings (SSSR count). The van der Waals surface area contributed by atoms with Crippen LogP contribution in [0.2, 0.25) is 0 Å². The minimum atomic E-state index is -4.56. The van der Waals surface area contributed by atoms with Gasteiger partial charge in [0.15, 0.2) is 0 Å². The molecule has 0 saturated carbocycles. The van der Waals surface area contributed by atoms with E-state index >= 15 is 0 Å². The highest BCUT2D eigenvalue weighted by molar-refractivity contribution is 7.46. The molecule has 0 bridgehead atoms. The molecule has 0 saturated heterocycles. The molecule has 8 nitrogen and oxygen atoms in total. The fourth-order valence-corrected chi connectivity index (χ4v) is 2.67. The third-order valence-electron chi connectivity index (χ3n) is 4.00. The summed E-state index contributed by atoms with van der Waals surface area (Å²) in [5.41, 5.74) is 0. The molecule has 3 N–H and O–H groups in total. The number of phosphoric ester groups is 1. The van der Waals surface area contributed by atoms with Crippen LogP contribution in [-0.2, 0) is 18.6 Å². The van der Waals surface area contributed by atoms with Crippen molar-refractivity contribution in [2.24, 2.45) is 0 Å². The van der Waals surface area contributed by atoms with Gasteiger partial charge in [-0.3, -0.25) is 9.32 Å². The van der Waals surface area contributed by atoms with Crippen molar-refractivity contribution in [1.29, 1.82) is 0 Å². The first-order chi connectivity index (χ1) is 11.5. The summed E-state index contributed by atoms with van der Waals surface area (Å²) in [6, 6.07) is -0.352. The number of carbonyl (C=O) groups excluding carboxylic acids is 1. The van der Waals surface area contributed by atoms with E-state index in [1.807, 2.05) is 21.1 Å². The van der Waals surface area contributed by atoms with Crippen molar-refractivity contribution in [2.75, 3.05) is 34.4 Å². The van der Waals surface area contributed by atoms with E-state index in [-0.39, 0.29) is 31.6 Å². The molecule has 0 aliphatic carbocycles. The molecule has 0 spiro atoms. The quantitative estimate of drug-likeness (QED) is 0.181. The average molecular weight is 384 g/mol. The Labute approximate surface area is 151 Å². The first-order valence-corrected chi connectivity index (χ1v) is 10.3. The molecular formula is C16H35NO7P+. The minimum absolute atomic E-state index is 0.125. The number of quaternary nitrogens is 1. The van der Waals surface area contributed by atoms with E-state index in [0.717, 1.165) is 32.1 Å². The van der Waals surface area contributed by atoms with Crippen LogP contribution in [0.1, 0.15) is 51.9 Å². The van der Waals surface area contributed by atoms with Gasteiger partial charge in [0.25, 0.3) is 0 Å². The van der Waals surface area contributed by atoms with Crippen molar-refractivity contribution in [3.63, 3.8) is 0 Å². The lowest BCUT2D eigenvalue weighted by atomic mass is 10.1. The van der Waals surface area contributed by atoms with Crippen molar-refractivity contribution in [2.45, 2.75) is 64.0 Å². The second kappa shape index (κ2) is 12.0. The number of aliphatic hydroxyl groups is 1. The fraction of sp³-hybridized carbons (Fsp3) is 0.938. The molecule has 0 aliphatic rings. The number of phosphoric acid groups is 1. The molecule has 0 aliphatic heterocycles. The minimum Gasteiger partial charge on any atom is -0.463 e. The van der Waals surface area contributed by atoms with Crippen molar-refractivity contribution >= 4 is 13.8 Å². The highest BCUT2D eigenvalue weighted by Crippen LogP contribution is 2.36. The van der Waals surface area contributed by atoms with E-state index in [1.54, 1.807) is 0 Å². The van der Waals surface area contributed by atoms with Gasteiger partial charge in [-0.05, 0) is 6.42 Å². The Morgan fingerprint density at radius 3 is 2.20 bits per heavy atom. The lowest BCUT2D eigenvalue weighted by Gasteiger charge is -2.35. The molecule has 0 aromatic heterocycles. The van der Waals surface area contributed by atoms with E-state index in [4.69, 9.17) is 14.5 Å². The van der Waals surface area contributed by atoms with Crippen LogP contribution in [0.15, 0.2) is 0 Å². The zero-order chi connectivity index (χ0) is 19.5. The van der Waals surface area contributed by atoms with Gasteiger partial charge in [-0.25, -0.2) is 4.57 Å². The van der Waals surface area contributed by atoms with Crippen LogP contribution in [0.4, 0.5) is 0 Å². The third kappa shape index (κ3) is 14.4. The van der Waals surface area contributed by atoms with Crippen LogP contribution in [0, 0.1) is 0 Å². The second-order valence-electron chi connectivity index (χ2n) is 7.29. The van der Waals surface area contributed by atoms with Crippen LogP contribution in [-0.4, -0.2) is 71.8 Å². The molecule has 0 aromatic carbocycles. The average Bonchev–Trinajstić information content (AvgIpc) is 2.47. The van der Waals surface area contributed by atoms with E-state index in [2.05, 4.69) is 11.4 Å². The van der Waals surface area contributed by atoms with Gasteiger partial charge in [0.05, 0.1) is 27.2 Å². The predicted molar refractivity (Wildman–Crippen MR) is 94.8 cm³/mol. The summed E-state index contributed by atoms with van der Waals surface area (Å²) in [6.45, 7) is 1.81. The second-order valence-corrected chi connectivity index (χ2v) is 8.53. The Morgan fingerprint density at radius 1 is 1.08 bits per heavy atom. The van der Waals surface area contributed by atoms with Gasteiger partial charge in [0, 0.05) is 12.8 Å². The molecule has 2 unspecified atom stereocenters. The summed E-state index contributed by atoms with van der Waals surface area (Å²) in [5.74, 6) is -0.330. The Morgan fingerprint density at radius 2 is 1.68 bits per heavy atom. The van der Waals surface area contributed by atoms with Crippen LogP contribution in [0.3, 0.4) is 0 Å². The summed E-state index contributed by atoms with van der Waals surface area (Å²) in [4.78, 5) is 29.3. The van der Waals surface area contributed by atoms with Crippen LogP contribution in [0.5, 0.6) is 0 Å². The molecule has 0 aromatic rings. The van der Waals surface area contributed by atoms with Gasteiger partial charge < -0.3 is 24.1 Å². The number of unbranched alkanes of at least 4 members (excludes halogenated alkanes) is 4. The zero-order valence-electron chi connectivity index (χ0n) is 15.9. The van der Waals surface area contributed by atoms with E-state index in [9.17, 15) is 14.5 Å². The van der Waals surface area contributed by atoms with Gasteiger partial charge in [0.2, 0.25) is 0 Å². The number of rotatable bonds is 14. The summed E-state index contributed by atoms with van der Waals surface area (Å²) in [5, 5.41) is 10.1. The highest BCUT2D eigenvalue weighted by Gasteiger charge is 2.30. The molecular weight excluding hydrogens is 349 g/mol. The fourth-order valence-electron chi connectivity index (χ4n) is 2.31. The third-order valence-corrected chi connectivity index (χ3v) is 4.48. The first kappa shape index (κ1) is 24.5. The van der Waals surface area contributed by atoms with Crippen molar-refractivity contribution in [3.8, 4) is 0 Å². The summed E-state index contributed by atoms with van der Waals surface area (Å²) < 4.78 is 20.9. The monoisotopic (exact) mass is 384 g/mol. The Bertz CT molecular complexity index is 419. The molecule has 0 heterocycles. The smallest absolute Gasteiger partial charge is 0.463 e. The molecule has 0 radical (unpaired) electrons. The molecule has 0 amide bonds. The number of ether oxygens (including phenoxy) is 1. The maximum Gasteiger partial charge on any atom is 0.469 e. The van der Waals surface area contributed by atoms with Crippen molar-refractivity contribution in [3.05, 3.63) is 0 Å². The number of likely N-dealkylation sites (N-methyl/N-ethyl adjacent to an activating group) is 1. The number of hydrogen-bond acceptors (Lipinski definition) is 5. The van der Waals surface area contributed by atoms with E-state index in [0.29, 0.717) is 10.9 Å². The lowest BCUT2D eigenvalue weighted by Crippen LogP contribution is -2.49. The Kier molecular flexibility index (Phi) is 11.8. The largest absolute Gasteiger partial charge is 0.469 e.